The molecule has 1 aliphatic heterocycles. The number of carbonyl (C=O) groups excluding carboxylic acids is 1. The first-order valence-corrected chi connectivity index (χ1v) is 11.6. The molecule has 1 amide bonds. The van der Waals surface area contributed by atoms with E-state index in [1.807, 2.05) is 31.2 Å². The summed E-state index contributed by atoms with van der Waals surface area (Å²) >= 11 is 0. The predicted molar refractivity (Wildman–Crippen MR) is 126 cm³/mol. The van der Waals surface area contributed by atoms with Crippen LogP contribution in [0, 0.1) is 0 Å². The normalized spacial score (nSPS) is 16.6. The van der Waals surface area contributed by atoms with Crippen molar-refractivity contribution in [1.82, 2.24) is 4.90 Å². The Labute approximate surface area is 191 Å². The second kappa shape index (κ2) is 12.7. The van der Waals surface area contributed by atoms with Gasteiger partial charge in [0.05, 0.1) is 19.3 Å². The fourth-order valence-electron chi connectivity index (χ4n) is 4.05. The number of morpholine rings is 1. The van der Waals surface area contributed by atoms with Crippen LogP contribution in [0.25, 0.3) is 11.1 Å². The Bertz CT molecular complexity index is 817. The number of hydrogen-bond donors (Lipinski definition) is 2. The van der Waals surface area contributed by atoms with E-state index >= 15 is 0 Å². The number of rotatable bonds is 12. The van der Waals surface area contributed by atoms with Crippen LogP contribution in [0.15, 0.2) is 48.5 Å². The molecule has 1 fully saturated rings. The maximum Gasteiger partial charge on any atom is 0.246 e. The summed E-state index contributed by atoms with van der Waals surface area (Å²) in [6.07, 6.45) is 1.66. The summed E-state index contributed by atoms with van der Waals surface area (Å²) in [5, 5.41) is 10.5. The van der Waals surface area contributed by atoms with Gasteiger partial charge in [0.15, 0.2) is 0 Å². The third-order valence-corrected chi connectivity index (χ3v) is 6.03. The van der Waals surface area contributed by atoms with Crippen molar-refractivity contribution >= 4 is 5.91 Å². The van der Waals surface area contributed by atoms with Crippen LogP contribution in [0.5, 0.6) is 0 Å². The number of hydrogen-bond acceptors (Lipinski definition) is 5. The van der Waals surface area contributed by atoms with Gasteiger partial charge < -0.3 is 20.3 Å². The first-order chi connectivity index (χ1) is 15.6. The number of amides is 1. The molecule has 0 radical (unpaired) electrons. The molecule has 2 aromatic carbocycles. The Morgan fingerprint density at radius 2 is 1.69 bits per heavy atom. The minimum Gasteiger partial charge on any atom is -0.388 e. The maximum atomic E-state index is 11.4. The van der Waals surface area contributed by atoms with E-state index in [-0.39, 0.29) is 0 Å². The molecule has 0 saturated carbocycles. The first kappa shape index (κ1) is 24.4. The average Bonchev–Trinajstić information content (AvgIpc) is 2.83. The number of nitrogens with zero attached hydrogens (tertiary/aromatic N) is 1. The van der Waals surface area contributed by atoms with Crippen LogP contribution >= 0.6 is 0 Å². The number of aliphatic hydroxyl groups excluding tert-OH is 1. The molecule has 6 nitrogen and oxygen atoms in total. The number of benzene rings is 2. The number of aliphatic hydroxyl groups is 1. The monoisotopic (exact) mass is 440 g/mol. The summed E-state index contributed by atoms with van der Waals surface area (Å²) in [5.41, 5.74) is 9.87. The van der Waals surface area contributed by atoms with E-state index < -0.39 is 18.1 Å². The minimum atomic E-state index is -0.577. The highest BCUT2D eigenvalue weighted by atomic mass is 16.5. The van der Waals surface area contributed by atoms with Crippen molar-refractivity contribution in [1.29, 1.82) is 0 Å². The Kier molecular flexibility index (Phi) is 9.68. The highest BCUT2D eigenvalue weighted by molar-refractivity contribution is 5.78. The fraction of sp³-hybridized carbons (Fsp3) is 0.500. The van der Waals surface area contributed by atoms with Gasteiger partial charge >= 0.3 is 0 Å². The summed E-state index contributed by atoms with van der Waals surface area (Å²) in [6, 6.07) is 16.8. The molecule has 2 unspecified atom stereocenters. The summed E-state index contributed by atoms with van der Waals surface area (Å²) in [4.78, 5) is 13.8. The molecule has 1 saturated heterocycles. The molecule has 3 rings (SSSR count). The fourth-order valence-corrected chi connectivity index (χ4v) is 4.05. The zero-order valence-electron chi connectivity index (χ0n) is 19.0. The van der Waals surface area contributed by atoms with Crippen molar-refractivity contribution in [2.75, 3.05) is 39.5 Å². The van der Waals surface area contributed by atoms with Crippen LogP contribution in [0.2, 0.25) is 0 Å². The van der Waals surface area contributed by atoms with Gasteiger partial charge in [-0.1, -0.05) is 48.5 Å². The zero-order chi connectivity index (χ0) is 22.8. The van der Waals surface area contributed by atoms with Gasteiger partial charge in [-0.2, -0.15) is 0 Å². The Morgan fingerprint density at radius 3 is 2.28 bits per heavy atom. The highest BCUT2D eigenvalue weighted by Gasteiger charge is 2.16. The molecule has 0 spiro atoms. The van der Waals surface area contributed by atoms with Gasteiger partial charge in [0.2, 0.25) is 5.91 Å². The van der Waals surface area contributed by atoms with Crippen LogP contribution in [0.3, 0.4) is 0 Å². The zero-order valence-corrected chi connectivity index (χ0v) is 19.0. The Hall–Kier alpha value is -2.25. The molecule has 0 aromatic heterocycles. The largest absolute Gasteiger partial charge is 0.388 e. The van der Waals surface area contributed by atoms with E-state index in [2.05, 4.69) is 29.2 Å². The lowest BCUT2D eigenvalue weighted by molar-refractivity contribution is -0.129. The average molecular weight is 441 g/mol. The predicted octanol–water partition coefficient (Wildman–Crippen LogP) is 3.32. The summed E-state index contributed by atoms with van der Waals surface area (Å²) in [7, 11) is 0. The van der Waals surface area contributed by atoms with Gasteiger partial charge in [0, 0.05) is 26.2 Å². The van der Waals surface area contributed by atoms with Gasteiger partial charge in [-0.3, -0.25) is 9.69 Å². The molecular weight excluding hydrogens is 404 g/mol. The summed E-state index contributed by atoms with van der Waals surface area (Å²) in [6.45, 7) is 7.08. The van der Waals surface area contributed by atoms with E-state index in [9.17, 15) is 9.90 Å². The molecule has 174 valence electrons. The third kappa shape index (κ3) is 7.41. The minimum absolute atomic E-state index is 0.446. The van der Waals surface area contributed by atoms with Gasteiger partial charge in [-0.05, 0) is 54.9 Å². The molecule has 6 heteroatoms. The standard InChI is InChI=1S/C26H36N2O4/c1-2-32-25(26(27)30)5-3-4-24(29)23-12-10-22(11-13-23)21-8-6-20(7-9-21)14-15-28-16-18-31-19-17-28/h6-13,24-25,29H,2-5,14-19H2,1H3,(H2,27,30). The highest BCUT2D eigenvalue weighted by Crippen LogP contribution is 2.25. The second-order valence-corrected chi connectivity index (χ2v) is 8.32. The molecular formula is C26H36N2O4. The number of nitrogens with two attached hydrogens (primary N) is 1. The van der Waals surface area contributed by atoms with Gasteiger partial charge in [0.1, 0.15) is 6.10 Å². The van der Waals surface area contributed by atoms with Crippen LogP contribution in [0.4, 0.5) is 0 Å². The van der Waals surface area contributed by atoms with E-state index in [4.69, 9.17) is 15.2 Å². The van der Waals surface area contributed by atoms with E-state index in [0.717, 1.165) is 50.4 Å². The molecule has 32 heavy (non-hydrogen) atoms. The number of ether oxygens (including phenoxy) is 2. The van der Waals surface area contributed by atoms with Crippen LogP contribution in [-0.2, 0) is 20.7 Å². The van der Waals surface area contributed by atoms with Gasteiger partial charge in [-0.25, -0.2) is 0 Å². The molecule has 1 heterocycles. The van der Waals surface area contributed by atoms with Gasteiger partial charge in [-0.15, -0.1) is 0 Å². The van der Waals surface area contributed by atoms with Crippen molar-refractivity contribution in [3.05, 3.63) is 59.7 Å². The molecule has 2 atom stereocenters. The van der Waals surface area contributed by atoms with Crippen molar-refractivity contribution in [3.8, 4) is 11.1 Å². The summed E-state index contributed by atoms with van der Waals surface area (Å²) in [5.74, 6) is -0.446. The molecule has 1 aliphatic rings. The number of primary amides is 1. The molecule has 2 aromatic rings. The lowest BCUT2D eigenvalue weighted by Gasteiger charge is -2.26. The maximum absolute atomic E-state index is 11.4. The Morgan fingerprint density at radius 1 is 1.06 bits per heavy atom. The van der Waals surface area contributed by atoms with Crippen molar-refractivity contribution in [2.45, 2.75) is 44.8 Å². The quantitative estimate of drug-likeness (QED) is 0.529. The van der Waals surface area contributed by atoms with E-state index in [1.165, 1.54) is 11.1 Å². The smallest absolute Gasteiger partial charge is 0.246 e. The molecule has 0 aliphatic carbocycles. The number of carbonyl (C=O) groups is 1. The summed E-state index contributed by atoms with van der Waals surface area (Å²) < 4.78 is 10.8. The van der Waals surface area contributed by atoms with Crippen LogP contribution in [-0.4, -0.2) is 61.5 Å². The van der Waals surface area contributed by atoms with Crippen molar-refractivity contribution in [2.24, 2.45) is 5.73 Å². The van der Waals surface area contributed by atoms with E-state index in [0.29, 0.717) is 25.9 Å². The third-order valence-electron chi connectivity index (χ3n) is 6.03. The topological polar surface area (TPSA) is 85.0 Å². The lowest BCUT2D eigenvalue weighted by atomic mass is 9.98. The molecule has 0 bridgehead atoms. The van der Waals surface area contributed by atoms with Crippen LogP contribution in [0.1, 0.15) is 43.4 Å². The van der Waals surface area contributed by atoms with Crippen molar-refractivity contribution in [3.63, 3.8) is 0 Å². The lowest BCUT2D eigenvalue weighted by Crippen LogP contribution is -2.37. The SMILES string of the molecule is CCOC(CCCC(O)c1ccc(-c2ccc(CCN3CCOCC3)cc2)cc1)C(N)=O. The molecule has 3 N–H and O–H groups in total. The van der Waals surface area contributed by atoms with Gasteiger partial charge in [0.25, 0.3) is 0 Å². The second-order valence-electron chi connectivity index (χ2n) is 8.32. The van der Waals surface area contributed by atoms with Crippen LogP contribution < -0.4 is 5.73 Å². The Balaban J connectivity index is 1.48. The first-order valence-electron chi connectivity index (χ1n) is 11.6. The van der Waals surface area contributed by atoms with E-state index in [1.54, 1.807) is 0 Å². The van der Waals surface area contributed by atoms with Crippen molar-refractivity contribution < 1.29 is 19.4 Å².